The van der Waals surface area contributed by atoms with Gasteiger partial charge in [0.15, 0.2) is 0 Å². The van der Waals surface area contributed by atoms with Gasteiger partial charge in [0.25, 0.3) is 0 Å². The van der Waals surface area contributed by atoms with Crippen LogP contribution in [0.4, 0.5) is 11.4 Å². The first-order valence-electron chi connectivity index (χ1n) is 9.88. The van der Waals surface area contributed by atoms with Crippen LogP contribution < -0.4 is 4.74 Å². The molecule has 3 aromatic carbocycles. The summed E-state index contributed by atoms with van der Waals surface area (Å²) in [6.45, 7) is 4.84. The number of halogens is 1. The van der Waals surface area contributed by atoms with Gasteiger partial charge in [-0.15, -0.1) is 0 Å². The van der Waals surface area contributed by atoms with Crippen LogP contribution in [0.5, 0.6) is 11.5 Å². The van der Waals surface area contributed by atoms with Gasteiger partial charge < -0.3 is 9.64 Å². The minimum atomic E-state index is -2.63. The van der Waals surface area contributed by atoms with E-state index in [-0.39, 0.29) is 0 Å². The summed E-state index contributed by atoms with van der Waals surface area (Å²) in [7, 11) is -0.677. The van der Waals surface area contributed by atoms with Crippen LogP contribution in [0, 0.1) is 6.92 Å². The Kier molecular flexibility index (Phi) is 7.36. The van der Waals surface area contributed by atoms with Crippen molar-refractivity contribution in [3.05, 3.63) is 77.3 Å². The van der Waals surface area contributed by atoms with Crippen LogP contribution in [-0.4, -0.2) is 35.3 Å². The molecule has 1 atom stereocenters. The first-order valence-corrected chi connectivity index (χ1v) is 12.2. The first-order chi connectivity index (χ1) is 14.8. The Labute approximate surface area is 189 Å². The highest BCUT2D eigenvalue weighted by Gasteiger charge is 2.11. The highest BCUT2D eigenvalue weighted by atomic mass is 35.5. The normalized spacial score (nSPS) is 13.1. The van der Waals surface area contributed by atoms with E-state index in [1.807, 2.05) is 74.3 Å². The maximum Gasteiger partial charge on any atom is 0.131 e. The van der Waals surface area contributed by atoms with Gasteiger partial charge >= 0.3 is 0 Å². The monoisotopic (exact) mass is 455 g/mol. The molecule has 162 valence electrons. The topological polar surface area (TPSA) is 54.3 Å². The number of benzene rings is 3. The Morgan fingerprint density at radius 1 is 1.10 bits per heavy atom. The smallest absolute Gasteiger partial charge is 0.131 e. The van der Waals surface area contributed by atoms with Crippen LogP contribution in [0.2, 0.25) is 5.02 Å². The standard InChI is InChI=1S/C24H26ClN3O2S/c1-5-28(3)17-26-23-14-18(2)24(16-22(23)25)30-20-12-9-13-21(15-20)31(4,29)27-19-10-7-6-8-11-19/h6-17H,5H2,1-4H3/b26-17-. The molecule has 0 heterocycles. The Hall–Kier alpha value is -2.83. The van der Waals surface area contributed by atoms with Crippen LogP contribution >= 0.6 is 11.6 Å². The molecule has 5 nitrogen and oxygen atoms in total. The molecule has 3 rings (SSSR count). The van der Waals surface area contributed by atoms with Gasteiger partial charge in [-0.3, -0.25) is 0 Å². The van der Waals surface area contributed by atoms with Gasteiger partial charge in [0.05, 0.1) is 37.4 Å². The molecule has 0 amide bonds. The van der Waals surface area contributed by atoms with Crippen molar-refractivity contribution < 1.29 is 8.95 Å². The van der Waals surface area contributed by atoms with Crippen molar-refractivity contribution in [2.75, 3.05) is 19.8 Å². The van der Waals surface area contributed by atoms with Crippen molar-refractivity contribution in [1.29, 1.82) is 0 Å². The number of aliphatic imine (C=N–C) groups is 1. The van der Waals surface area contributed by atoms with E-state index in [0.717, 1.165) is 12.1 Å². The van der Waals surface area contributed by atoms with Crippen molar-refractivity contribution in [2.45, 2.75) is 18.7 Å². The second kappa shape index (κ2) is 9.98. The molecular weight excluding hydrogens is 430 g/mol. The molecule has 0 fully saturated rings. The van der Waals surface area contributed by atoms with Crippen LogP contribution in [-0.2, 0) is 9.73 Å². The quantitative estimate of drug-likeness (QED) is 0.289. The van der Waals surface area contributed by atoms with Gasteiger partial charge in [0.1, 0.15) is 11.5 Å². The number of hydrogen-bond acceptors (Lipinski definition) is 4. The summed E-state index contributed by atoms with van der Waals surface area (Å²) < 4.78 is 23.7. The second-order valence-corrected chi connectivity index (χ2v) is 9.86. The summed E-state index contributed by atoms with van der Waals surface area (Å²) in [6.07, 6.45) is 3.38. The van der Waals surface area contributed by atoms with E-state index < -0.39 is 9.73 Å². The Morgan fingerprint density at radius 2 is 1.84 bits per heavy atom. The predicted octanol–water partition coefficient (Wildman–Crippen LogP) is 6.84. The van der Waals surface area contributed by atoms with Crippen molar-refractivity contribution in [2.24, 2.45) is 9.36 Å². The summed E-state index contributed by atoms with van der Waals surface area (Å²) >= 11 is 6.42. The van der Waals surface area contributed by atoms with Crippen LogP contribution in [0.15, 0.2) is 81.0 Å². The molecule has 0 aliphatic heterocycles. The van der Waals surface area contributed by atoms with Gasteiger partial charge in [0, 0.05) is 25.9 Å². The minimum absolute atomic E-state index is 0.496. The van der Waals surface area contributed by atoms with Crippen LogP contribution in [0.1, 0.15) is 12.5 Å². The Bertz CT molecular complexity index is 1200. The Morgan fingerprint density at radius 3 is 2.55 bits per heavy atom. The zero-order valence-electron chi connectivity index (χ0n) is 18.1. The first kappa shape index (κ1) is 22.8. The van der Waals surface area contributed by atoms with Crippen molar-refractivity contribution in [1.82, 2.24) is 4.90 Å². The van der Waals surface area contributed by atoms with Crippen molar-refractivity contribution >= 4 is 39.0 Å². The Balaban J connectivity index is 1.88. The maximum atomic E-state index is 13.2. The van der Waals surface area contributed by atoms with Gasteiger partial charge in [-0.25, -0.2) is 9.20 Å². The highest BCUT2D eigenvalue weighted by molar-refractivity contribution is 7.93. The van der Waals surface area contributed by atoms with Crippen LogP contribution in [0.3, 0.4) is 0 Å². The van der Waals surface area contributed by atoms with Gasteiger partial charge in [0.2, 0.25) is 0 Å². The third kappa shape index (κ3) is 6.09. The lowest BCUT2D eigenvalue weighted by Gasteiger charge is -2.13. The molecule has 0 N–H and O–H groups in total. The molecule has 0 aliphatic rings. The minimum Gasteiger partial charge on any atom is -0.457 e. The summed E-state index contributed by atoms with van der Waals surface area (Å²) in [4.78, 5) is 7.00. The predicted molar refractivity (Wildman–Crippen MR) is 130 cm³/mol. The molecular formula is C24H26ClN3O2S. The van der Waals surface area contributed by atoms with E-state index in [2.05, 4.69) is 9.36 Å². The average Bonchev–Trinajstić information content (AvgIpc) is 2.75. The summed E-state index contributed by atoms with van der Waals surface area (Å²) in [6, 6.07) is 20.1. The fourth-order valence-corrected chi connectivity index (χ4v) is 4.24. The number of ether oxygens (including phenoxy) is 1. The molecule has 0 radical (unpaired) electrons. The summed E-state index contributed by atoms with van der Waals surface area (Å²) in [5.41, 5.74) is 2.25. The molecule has 0 saturated carbocycles. The van der Waals surface area contributed by atoms with E-state index in [4.69, 9.17) is 16.3 Å². The lowest BCUT2D eigenvalue weighted by molar-refractivity contribution is 0.477. The average molecular weight is 456 g/mol. The van der Waals surface area contributed by atoms with E-state index >= 15 is 0 Å². The van der Waals surface area contributed by atoms with Gasteiger partial charge in [-0.05, 0) is 55.8 Å². The fourth-order valence-electron chi connectivity index (χ4n) is 2.74. The SMILES string of the molecule is CCN(C)/C=N\c1cc(C)c(Oc2cccc(S(C)(=O)=Nc3ccccc3)c2)cc1Cl. The number of nitrogens with zero attached hydrogens (tertiary/aromatic N) is 3. The van der Waals surface area contributed by atoms with E-state index in [1.165, 1.54) is 0 Å². The molecule has 0 saturated heterocycles. The third-order valence-electron chi connectivity index (χ3n) is 4.64. The molecule has 7 heteroatoms. The molecule has 3 aromatic rings. The zero-order chi connectivity index (χ0) is 22.4. The largest absolute Gasteiger partial charge is 0.457 e. The van der Waals surface area contributed by atoms with Gasteiger partial charge in [-0.2, -0.15) is 4.36 Å². The third-order valence-corrected chi connectivity index (χ3v) is 6.63. The summed E-state index contributed by atoms with van der Waals surface area (Å²) in [5, 5.41) is 0.496. The molecule has 31 heavy (non-hydrogen) atoms. The number of hydrogen-bond donors (Lipinski definition) is 0. The molecule has 0 spiro atoms. The van der Waals surface area contributed by atoms with E-state index in [0.29, 0.717) is 32.8 Å². The molecule has 0 bridgehead atoms. The molecule has 1 unspecified atom stereocenters. The summed E-state index contributed by atoms with van der Waals surface area (Å²) in [5.74, 6) is 1.18. The number of aryl methyl sites for hydroxylation is 1. The highest BCUT2D eigenvalue weighted by Crippen LogP contribution is 2.35. The number of rotatable bonds is 7. The van der Waals surface area contributed by atoms with E-state index in [9.17, 15) is 4.21 Å². The van der Waals surface area contributed by atoms with Crippen molar-refractivity contribution in [3.63, 3.8) is 0 Å². The molecule has 0 aliphatic carbocycles. The lowest BCUT2D eigenvalue weighted by Crippen LogP contribution is -2.14. The zero-order valence-corrected chi connectivity index (χ0v) is 19.7. The second-order valence-electron chi connectivity index (χ2n) is 7.19. The fraction of sp³-hybridized carbons (Fsp3) is 0.208. The maximum absolute atomic E-state index is 13.2. The van der Waals surface area contributed by atoms with Crippen LogP contribution in [0.25, 0.3) is 0 Å². The van der Waals surface area contributed by atoms with E-state index in [1.54, 1.807) is 30.8 Å². The van der Waals surface area contributed by atoms with Crippen molar-refractivity contribution in [3.8, 4) is 11.5 Å². The lowest BCUT2D eigenvalue weighted by atomic mass is 10.2. The van der Waals surface area contributed by atoms with Gasteiger partial charge in [-0.1, -0.05) is 35.9 Å². The molecule has 0 aromatic heterocycles.